The maximum Gasteiger partial charge on any atom is 0.348 e. The van der Waals surface area contributed by atoms with Crippen molar-refractivity contribution in [1.82, 2.24) is 9.97 Å². The molecule has 0 bridgehead atoms. The van der Waals surface area contributed by atoms with E-state index < -0.39 is 35.7 Å². The van der Waals surface area contributed by atoms with Gasteiger partial charge in [0.1, 0.15) is 17.6 Å². The van der Waals surface area contributed by atoms with E-state index in [1.54, 1.807) is 0 Å². The molecule has 0 saturated heterocycles. The Labute approximate surface area is 222 Å². The number of hydrogen-bond acceptors (Lipinski definition) is 7. The third-order valence-electron chi connectivity index (χ3n) is 7.16. The average molecular weight is 542 g/mol. The second kappa shape index (κ2) is 10.1. The first-order chi connectivity index (χ1) is 18.6. The highest BCUT2D eigenvalue weighted by atomic mass is 19.3. The van der Waals surface area contributed by atoms with Crippen LogP contribution in [0, 0.1) is 5.82 Å². The van der Waals surface area contributed by atoms with Gasteiger partial charge >= 0.3 is 17.8 Å². The van der Waals surface area contributed by atoms with Gasteiger partial charge in [0.2, 0.25) is 5.95 Å². The van der Waals surface area contributed by atoms with Crippen LogP contribution in [0.25, 0.3) is 0 Å². The zero-order valence-corrected chi connectivity index (χ0v) is 21.2. The minimum Gasteiger partial charge on any atom is -0.495 e. The summed E-state index contributed by atoms with van der Waals surface area (Å²) in [5.41, 5.74) is 0.633. The molecule has 1 aliphatic carbocycles. The van der Waals surface area contributed by atoms with Gasteiger partial charge in [0, 0.05) is 13.1 Å². The van der Waals surface area contributed by atoms with E-state index in [1.165, 1.54) is 55.6 Å². The van der Waals surface area contributed by atoms with E-state index in [1.807, 2.05) is 0 Å². The molecule has 9 nitrogen and oxygen atoms in total. The molecule has 1 unspecified atom stereocenters. The molecule has 0 spiro atoms. The Morgan fingerprint density at radius 2 is 1.85 bits per heavy atom. The highest BCUT2D eigenvalue weighted by Gasteiger charge is 2.57. The van der Waals surface area contributed by atoms with E-state index in [0.29, 0.717) is 18.5 Å². The molecule has 2 N–H and O–H groups in total. The molecule has 5 rings (SSSR count). The summed E-state index contributed by atoms with van der Waals surface area (Å²) in [4.78, 5) is 36.1. The first kappa shape index (κ1) is 26.3. The van der Waals surface area contributed by atoms with Crippen LogP contribution in [-0.4, -0.2) is 53.1 Å². The maximum atomic E-state index is 16.0. The fourth-order valence-corrected chi connectivity index (χ4v) is 5.24. The van der Waals surface area contributed by atoms with Crippen molar-refractivity contribution < 1.29 is 32.6 Å². The molecule has 3 aromatic rings. The fourth-order valence-electron chi connectivity index (χ4n) is 5.24. The zero-order chi connectivity index (χ0) is 27.9. The van der Waals surface area contributed by atoms with Crippen LogP contribution in [0.3, 0.4) is 0 Å². The molecule has 0 radical (unpaired) electrons. The highest BCUT2D eigenvalue weighted by Crippen LogP contribution is 2.48. The summed E-state index contributed by atoms with van der Waals surface area (Å²) in [6.07, 6.45) is 4.02. The summed E-state index contributed by atoms with van der Waals surface area (Å²) in [6.45, 7) is 0. The van der Waals surface area contributed by atoms with Crippen molar-refractivity contribution in [3.05, 3.63) is 65.6 Å². The van der Waals surface area contributed by atoms with Gasteiger partial charge in [0.05, 0.1) is 30.2 Å². The standard InChI is InChI=1S/C27H26F3N5O4/c1-34-20-14-31-26(32-19-12-9-16(24(36)37)13-21(19)39-2)33-23(20)35(18-5-3-4-6-18)25(38)27(29,30)22(34)15-7-10-17(28)11-8-15/h7-14,18,22H,3-6H2,1-2H3,(H,36,37)(H,31,32,33). The number of anilines is 4. The molecule has 12 heteroatoms. The molecule has 204 valence electrons. The topological polar surface area (TPSA) is 108 Å². The average Bonchev–Trinajstić information content (AvgIpc) is 3.42. The third-order valence-corrected chi connectivity index (χ3v) is 7.16. The van der Waals surface area contributed by atoms with E-state index in [4.69, 9.17) is 4.74 Å². The minimum absolute atomic E-state index is 0.00266. The van der Waals surface area contributed by atoms with Crippen LogP contribution in [0.5, 0.6) is 5.75 Å². The number of nitrogens with zero attached hydrogens (tertiary/aromatic N) is 4. The molecule has 1 atom stereocenters. The van der Waals surface area contributed by atoms with Gasteiger partial charge in [-0.25, -0.2) is 14.2 Å². The SMILES string of the molecule is COc1cc(C(=O)O)ccc1Nc1ncc2c(n1)N(C1CCCC1)C(=O)C(F)(F)C(c1ccc(F)cc1)N2C. The van der Waals surface area contributed by atoms with Crippen molar-refractivity contribution in [3.8, 4) is 5.75 Å². The van der Waals surface area contributed by atoms with Gasteiger partial charge in [-0.05, 0) is 48.7 Å². The molecule has 1 saturated carbocycles. The van der Waals surface area contributed by atoms with Gasteiger partial charge in [-0.1, -0.05) is 25.0 Å². The highest BCUT2D eigenvalue weighted by molar-refractivity contribution is 6.03. The van der Waals surface area contributed by atoms with Crippen LogP contribution in [0.15, 0.2) is 48.7 Å². The zero-order valence-electron chi connectivity index (χ0n) is 21.2. The third kappa shape index (κ3) is 4.70. The molecule has 2 heterocycles. The number of fused-ring (bicyclic) bond motifs is 1. The molecular formula is C27H26F3N5O4. The van der Waals surface area contributed by atoms with Gasteiger partial charge in [0.15, 0.2) is 5.82 Å². The number of carbonyl (C=O) groups excluding carboxylic acids is 1. The first-order valence-corrected chi connectivity index (χ1v) is 12.4. The predicted octanol–water partition coefficient (Wildman–Crippen LogP) is 5.17. The number of methoxy groups -OCH3 is 1. The quantitative estimate of drug-likeness (QED) is 0.440. The number of carbonyl (C=O) groups is 2. The number of hydrogen-bond donors (Lipinski definition) is 2. The van der Waals surface area contributed by atoms with E-state index in [9.17, 15) is 19.1 Å². The summed E-state index contributed by atoms with van der Waals surface area (Å²) in [5.74, 6) is -6.73. The Morgan fingerprint density at radius 3 is 2.49 bits per heavy atom. The van der Waals surface area contributed by atoms with Crippen molar-refractivity contribution in [1.29, 1.82) is 0 Å². The normalized spacial score (nSPS) is 19.0. The number of alkyl halides is 2. The van der Waals surface area contributed by atoms with Crippen LogP contribution in [-0.2, 0) is 4.79 Å². The van der Waals surface area contributed by atoms with Crippen molar-refractivity contribution >= 4 is 35.0 Å². The molecular weight excluding hydrogens is 515 g/mol. The van der Waals surface area contributed by atoms with Crippen LogP contribution in [0.1, 0.15) is 47.6 Å². The Morgan fingerprint density at radius 1 is 1.15 bits per heavy atom. The number of rotatable bonds is 6. The number of nitrogens with one attached hydrogen (secondary N) is 1. The lowest BCUT2D eigenvalue weighted by atomic mass is 9.98. The van der Waals surface area contributed by atoms with Gasteiger partial charge in [0.25, 0.3) is 0 Å². The van der Waals surface area contributed by atoms with Gasteiger partial charge in [-0.2, -0.15) is 13.8 Å². The fraction of sp³-hybridized carbons (Fsp3) is 0.333. The van der Waals surface area contributed by atoms with E-state index >= 15 is 8.78 Å². The van der Waals surface area contributed by atoms with E-state index in [2.05, 4.69) is 15.3 Å². The molecule has 2 aliphatic rings. The largest absolute Gasteiger partial charge is 0.495 e. The van der Waals surface area contributed by atoms with Gasteiger partial charge in [-0.3, -0.25) is 9.69 Å². The van der Waals surface area contributed by atoms with Gasteiger partial charge < -0.3 is 20.1 Å². The second-order valence-corrected chi connectivity index (χ2v) is 9.55. The van der Waals surface area contributed by atoms with E-state index in [-0.39, 0.29) is 34.3 Å². The Bertz CT molecular complexity index is 1410. The van der Waals surface area contributed by atoms with Gasteiger partial charge in [-0.15, -0.1) is 0 Å². The number of carboxylic acids is 1. The predicted molar refractivity (Wildman–Crippen MR) is 138 cm³/mol. The molecule has 39 heavy (non-hydrogen) atoms. The van der Waals surface area contributed by atoms with Crippen molar-refractivity contribution in [2.75, 3.05) is 29.3 Å². The number of amides is 1. The molecule has 2 aromatic carbocycles. The Kier molecular flexibility index (Phi) is 6.79. The van der Waals surface area contributed by atoms with Crippen LogP contribution < -0.4 is 19.9 Å². The molecule has 1 aromatic heterocycles. The Hall–Kier alpha value is -4.35. The first-order valence-electron chi connectivity index (χ1n) is 12.4. The number of aromatic carboxylic acids is 1. The number of aromatic nitrogens is 2. The Balaban J connectivity index is 1.62. The number of carboxylic acid groups (broad SMARTS) is 1. The second-order valence-electron chi connectivity index (χ2n) is 9.55. The van der Waals surface area contributed by atoms with Crippen molar-refractivity contribution in [2.24, 2.45) is 0 Å². The summed E-state index contributed by atoms with van der Waals surface area (Å²) in [6, 6.07) is 6.61. The number of ether oxygens (including phenoxy) is 1. The molecule has 1 fully saturated rings. The monoisotopic (exact) mass is 541 g/mol. The van der Waals surface area contributed by atoms with Crippen molar-refractivity contribution in [3.63, 3.8) is 0 Å². The van der Waals surface area contributed by atoms with E-state index in [0.717, 1.165) is 29.9 Å². The number of benzene rings is 2. The van der Waals surface area contributed by atoms with Crippen LogP contribution in [0.2, 0.25) is 0 Å². The lowest BCUT2D eigenvalue weighted by Gasteiger charge is -2.33. The van der Waals surface area contributed by atoms with Crippen molar-refractivity contribution in [2.45, 2.75) is 43.7 Å². The summed E-state index contributed by atoms with van der Waals surface area (Å²) >= 11 is 0. The smallest absolute Gasteiger partial charge is 0.348 e. The summed E-state index contributed by atoms with van der Waals surface area (Å²) in [5, 5.41) is 12.2. The molecule has 1 aliphatic heterocycles. The van der Waals surface area contributed by atoms with Crippen LogP contribution >= 0.6 is 0 Å². The summed E-state index contributed by atoms with van der Waals surface area (Å²) in [7, 11) is 2.80. The number of halogens is 3. The molecule has 1 amide bonds. The lowest BCUT2D eigenvalue weighted by Crippen LogP contribution is -2.51. The lowest BCUT2D eigenvalue weighted by molar-refractivity contribution is -0.146. The van der Waals surface area contributed by atoms with Crippen LogP contribution in [0.4, 0.5) is 36.3 Å². The maximum absolute atomic E-state index is 16.0. The summed E-state index contributed by atoms with van der Waals surface area (Å²) < 4.78 is 50.9. The minimum atomic E-state index is -3.86.